The van der Waals surface area contributed by atoms with Gasteiger partial charge in [0, 0.05) is 44.4 Å². The number of hydrogen-bond donors (Lipinski definition) is 1. The van der Waals surface area contributed by atoms with Crippen LogP contribution in [0.5, 0.6) is 5.75 Å². The summed E-state index contributed by atoms with van der Waals surface area (Å²) >= 11 is 5.95. The average Bonchev–Trinajstić information content (AvgIpc) is 3.11. The van der Waals surface area contributed by atoms with Crippen molar-refractivity contribution in [2.75, 3.05) is 46.6 Å². The molecule has 0 amide bonds. The second-order valence-corrected chi connectivity index (χ2v) is 8.06. The molecule has 3 aromatic rings. The van der Waals surface area contributed by atoms with Crippen molar-refractivity contribution in [3.63, 3.8) is 0 Å². The van der Waals surface area contributed by atoms with Crippen molar-refractivity contribution < 1.29 is 14.2 Å². The topological polar surface area (TPSA) is 90.7 Å². The summed E-state index contributed by atoms with van der Waals surface area (Å²) in [7, 11) is 1.57. The van der Waals surface area contributed by atoms with Gasteiger partial charge in [-0.15, -0.1) is 0 Å². The molecule has 1 aliphatic rings. The molecule has 0 atom stereocenters. The number of halogens is 1. The number of aromatic amines is 1. The summed E-state index contributed by atoms with van der Waals surface area (Å²) in [6.07, 6.45) is 0. The van der Waals surface area contributed by atoms with Crippen molar-refractivity contribution in [3.05, 3.63) is 61.8 Å². The number of nitrogens with zero attached hydrogens (tertiary/aromatic N) is 3. The van der Waals surface area contributed by atoms with Crippen molar-refractivity contribution >= 4 is 22.5 Å². The summed E-state index contributed by atoms with van der Waals surface area (Å²) in [5, 5.41) is 4.16. The Labute approximate surface area is 190 Å². The van der Waals surface area contributed by atoms with Gasteiger partial charge in [-0.05, 0) is 24.3 Å². The van der Waals surface area contributed by atoms with Gasteiger partial charge in [0.05, 0.1) is 43.0 Å². The highest BCUT2D eigenvalue weighted by Crippen LogP contribution is 2.19. The fourth-order valence-corrected chi connectivity index (χ4v) is 3.96. The summed E-state index contributed by atoms with van der Waals surface area (Å²) in [5.41, 5.74) is 0.635. The molecule has 10 heteroatoms. The number of pyridine rings is 1. The van der Waals surface area contributed by atoms with E-state index in [4.69, 9.17) is 25.8 Å². The van der Waals surface area contributed by atoms with Crippen LogP contribution in [0.25, 0.3) is 10.9 Å². The highest BCUT2D eigenvalue weighted by molar-refractivity contribution is 6.30. The summed E-state index contributed by atoms with van der Waals surface area (Å²) < 4.78 is 19.6. The quantitative estimate of drug-likeness (QED) is 0.520. The standard InChI is InChI=1S/C22H27ClN4O5/c1-30-11-10-26-19(15-32-17-4-2-16(23)3-5-17)21-18(14-20(26)28)24-27(22(21)29)7-6-25-8-12-31-13-9-25/h2-5,14,24H,6-13,15H2,1H3. The molecule has 2 aromatic heterocycles. The third-order valence-electron chi connectivity index (χ3n) is 5.58. The molecular weight excluding hydrogens is 436 g/mol. The molecule has 0 aliphatic carbocycles. The number of nitrogens with one attached hydrogen (secondary N) is 1. The zero-order valence-electron chi connectivity index (χ0n) is 18.0. The van der Waals surface area contributed by atoms with Gasteiger partial charge in [-0.25, -0.2) is 0 Å². The minimum Gasteiger partial charge on any atom is -0.487 e. The van der Waals surface area contributed by atoms with Crippen molar-refractivity contribution in [1.82, 2.24) is 19.2 Å². The molecule has 172 valence electrons. The second kappa shape index (κ2) is 10.4. The molecule has 4 rings (SSSR count). The number of aromatic nitrogens is 3. The lowest BCUT2D eigenvalue weighted by Gasteiger charge is -2.26. The largest absolute Gasteiger partial charge is 0.487 e. The zero-order valence-corrected chi connectivity index (χ0v) is 18.8. The first kappa shape index (κ1) is 22.6. The Balaban J connectivity index is 1.66. The number of morpholine rings is 1. The van der Waals surface area contributed by atoms with Crippen LogP contribution in [0, 0.1) is 0 Å². The van der Waals surface area contributed by atoms with E-state index in [-0.39, 0.29) is 17.7 Å². The second-order valence-electron chi connectivity index (χ2n) is 7.63. The highest BCUT2D eigenvalue weighted by atomic mass is 35.5. The molecule has 1 fully saturated rings. The Hall–Kier alpha value is -2.59. The number of hydrogen-bond acceptors (Lipinski definition) is 6. The van der Waals surface area contributed by atoms with E-state index in [9.17, 15) is 9.59 Å². The minimum atomic E-state index is -0.217. The molecule has 0 bridgehead atoms. The van der Waals surface area contributed by atoms with Crippen LogP contribution in [-0.2, 0) is 29.2 Å². The first-order valence-electron chi connectivity index (χ1n) is 10.6. The van der Waals surface area contributed by atoms with Crippen LogP contribution in [0.2, 0.25) is 5.02 Å². The molecule has 1 aliphatic heterocycles. The third-order valence-corrected chi connectivity index (χ3v) is 5.84. The Morgan fingerprint density at radius 1 is 1.09 bits per heavy atom. The van der Waals surface area contributed by atoms with Gasteiger partial charge in [0.25, 0.3) is 11.1 Å². The fraction of sp³-hybridized carbons (Fsp3) is 0.455. The van der Waals surface area contributed by atoms with Gasteiger partial charge in [0.2, 0.25) is 0 Å². The van der Waals surface area contributed by atoms with Crippen LogP contribution < -0.4 is 15.9 Å². The van der Waals surface area contributed by atoms with E-state index >= 15 is 0 Å². The van der Waals surface area contributed by atoms with Gasteiger partial charge in [-0.1, -0.05) is 11.6 Å². The summed E-state index contributed by atoms with van der Waals surface area (Å²) in [6.45, 7) is 5.04. The lowest BCUT2D eigenvalue weighted by Crippen LogP contribution is -2.39. The molecule has 3 heterocycles. The molecule has 1 N–H and O–H groups in total. The molecule has 9 nitrogen and oxygen atoms in total. The molecule has 0 saturated carbocycles. The van der Waals surface area contributed by atoms with E-state index in [1.54, 1.807) is 40.6 Å². The molecular formula is C22H27ClN4O5. The number of ether oxygens (including phenoxy) is 3. The maximum atomic E-state index is 13.3. The van der Waals surface area contributed by atoms with Gasteiger partial charge in [0.1, 0.15) is 12.4 Å². The SMILES string of the molecule is COCCn1c(COc2ccc(Cl)cc2)c2c(=O)n(CCN3CCOCC3)[nH]c2cc1=O. The first-order chi connectivity index (χ1) is 15.6. The fourth-order valence-electron chi connectivity index (χ4n) is 3.84. The van der Waals surface area contributed by atoms with Crippen LogP contribution in [0.3, 0.4) is 0 Å². The number of benzene rings is 1. The van der Waals surface area contributed by atoms with Crippen LogP contribution >= 0.6 is 11.6 Å². The Morgan fingerprint density at radius 3 is 2.56 bits per heavy atom. The van der Waals surface area contributed by atoms with Crippen molar-refractivity contribution in [1.29, 1.82) is 0 Å². The van der Waals surface area contributed by atoms with E-state index in [1.807, 2.05) is 0 Å². The maximum Gasteiger partial charge on any atom is 0.276 e. The van der Waals surface area contributed by atoms with Gasteiger partial charge in [-0.2, -0.15) is 0 Å². The molecule has 1 saturated heterocycles. The van der Waals surface area contributed by atoms with E-state index in [1.165, 1.54) is 6.07 Å². The van der Waals surface area contributed by atoms with Gasteiger partial charge in [-0.3, -0.25) is 24.3 Å². The Kier molecular flexibility index (Phi) is 7.31. The molecule has 32 heavy (non-hydrogen) atoms. The summed E-state index contributed by atoms with van der Waals surface area (Å²) in [4.78, 5) is 28.4. The Bertz CT molecular complexity index is 1160. The molecule has 0 radical (unpaired) electrons. The first-order valence-corrected chi connectivity index (χ1v) is 11.0. The number of H-pyrrole nitrogens is 1. The Morgan fingerprint density at radius 2 is 1.84 bits per heavy atom. The molecule has 0 spiro atoms. The van der Waals surface area contributed by atoms with Gasteiger partial charge < -0.3 is 18.8 Å². The monoisotopic (exact) mass is 462 g/mol. The lowest BCUT2D eigenvalue weighted by atomic mass is 10.2. The molecule has 0 unspecified atom stereocenters. The smallest absolute Gasteiger partial charge is 0.276 e. The average molecular weight is 463 g/mol. The zero-order chi connectivity index (χ0) is 22.5. The molecule has 1 aromatic carbocycles. The van der Waals surface area contributed by atoms with Crippen molar-refractivity contribution in [2.24, 2.45) is 0 Å². The maximum absolute atomic E-state index is 13.3. The van der Waals surface area contributed by atoms with Crippen LogP contribution in [0.4, 0.5) is 0 Å². The summed E-state index contributed by atoms with van der Waals surface area (Å²) in [5.74, 6) is 0.598. The van der Waals surface area contributed by atoms with Crippen LogP contribution in [-0.4, -0.2) is 65.8 Å². The van der Waals surface area contributed by atoms with E-state index < -0.39 is 0 Å². The van der Waals surface area contributed by atoms with Gasteiger partial charge in [0.15, 0.2) is 0 Å². The van der Waals surface area contributed by atoms with E-state index in [0.717, 1.165) is 19.6 Å². The number of rotatable bonds is 9. The van der Waals surface area contributed by atoms with E-state index in [2.05, 4.69) is 10.00 Å². The number of fused-ring (bicyclic) bond motifs is 1. The van der Waals surface area contributed by atoms with Gasteiger partial charge >= 0.3 is 0 Å². The predicted octanol–water partition coefficient (Wildman–Crippen LogP) is 1.70. The highest BCUT2D eigenvalue weighted by Gasteiger charge is 2.19. The summed E-state index contributed by atoms with van der Waals surface area (Å²) in [6, 6.07) is 8.41. The van der Waals surface area contributed by atoms with Crippen molar-refractivity contribution in [2.45, 2.75) is 19.7 Å². The lowest BCUT2D eigenvalue weighted by molar-refractivity contribution is 0.0359. The van der Waals surface area contributed by atoms with Crippen LogP contribution in [0.15, 0.2) is 39.9 Å². The normalized spacial score (nSPS) is 14.8. The van der Waals surface area contributed by atoms with Crippen molar-refractivity contribution in [3.8, 4) is 5.75 Å². The number of methoxy groups -OCH3 is 1. The third kappa shape index (κ3) is 5.07. The van der Waals surface area contributed by atoms with E-state index in [0.29, 0.717) is 60.3 Å². The minimum absolute atomic E-state index is 0.0640. The predicted molar refractivity (Wildman–Crippen MR) is 122 cm³/mol. The van der Waals surface area contributed by atoms with Crippen LogP contribution in [0.1, 0.15) is 5.69 Å².